The topological polar surface area (TPSA) is 85.8 Å². The van der Waals surface area contributed by atoms with Crippen molar-refractivity contribution in [1.82, 2.24) is 16.0 Å². The average Bonchev–Trinajstić information content (AvgIpc) is 2.49. The number of nitrogens with one attached hydrogen (secondary N) is 3. The van der Waals surface area contributed by atoms with Crippen LogP contribution in [0.5, 0.6) is 0 Å². The molecule has 0 fully saturated rings. The zero-order valence-electron chi connectivity index (χ0n) is 15.2. The van der Waals surface area contributed by atoms with Gasteiger partial charge in [-0.25, -0.2) is 0 Å². The second kappa shape index (κ2) is 13.8. The van der Waals surface area contributed by atoms with Gasteiger partial charge in [-0.2, -0.15) is 0 Å². The molecule has 4 N–H and O–H groups in total. The fraction of sp³-hybridized carbons (Fsp3) is 0.875. The smallest absolute Gasteiger partial charge is 0.227 e. The van der Waals surface area contributed by atoms with Crippen LogP contribution in [0.1, 0.15) is 47.0 Å². The average molecular weight is 442 g/mol. The molecular formula is C16H35IN4O2. The number of halogens is 1. The van der Waals surface area contributed by atoms with Gasteiger partial charge in [0.15, 0.2) is 5.96 Å². The molecule has 0 bridgehead atoms. The van der Waals surface area contributed by atoms with Crippen molar-refractivity contribution in [1.29, 1.82) is 0 Å². The summed E-state index contributed by atoms with van der Waals surface area (Å²) in [6.45, 7) is 10.1. The Morgan fingerprint density at radius 2 is 1.87 bits per heavy atom. The van der Waals surface area contributed by atoms with Gasteiger partial charge in [-0.1, -0.05) is 13.3 Å². The van der Waals surface area contributed by atoms with Crippen molar-refractivity contribution in [2.45, 2.75) is 47.0 Å². The summed E-state index contributed by atoms with van der Waals surface area (Å²) in [6, 6.07) is 0. The van der Waals surface area contributed by atoms with Crippen LogP contribution in [-0.4, -0.2) is 50.3 Å². The van der Waals surface area contributed by atoms with E-state index in [1.165, 1.54) is 0 Å². The maximum Gasteiger partial charge on any atom is 0.227 e. The lowest BCUT2D eigenvalue weighted by Crippen LogP contribution is -2.42. The molecule has 1 unspecified atom stereocenters. The van der Waals surface area contributed by atoms with Crippen LogP contribution < -0.4 is 16.0 Å². The number of amides is 1. The minimum Gasteiger partial charge on any atom is -0.396 e. The Labute approximate surface area is 158 Å². The van der Waals surface area contributed by atoms with Crippen LogP contribution in [0.4, 0.5) is 0 Å². The van der Waals surface area contributed by atoms with E-state index < -0.39 is 5.41 Å². The van der Waals surface area contributed by atoms with E-state index in [-0.39, 0.29) is 36.5 Å². The number of carbonyl (C=O) groups is 1. The lowest BCUT2D eigenvalue weighted by atomic mass is 9.93. The first-order chi connectivity index (χ1) is 10.4. The highest BCUT2D eigenvalue weighted by atomic mass is 127. The van der Waals surface area contributed by atoms with Crippen molar-refractivity contribution in [3.05, 3.63) is 0 Å². The molecule has 0 aliphatic carbocycles. The molecule has 0 aliphatic rings. The number of guanidine groups is 1. The van der Waals surface area contributed by atoms with Gasteiger partial charge in [0.1, 0.15) is 0 Å². The van der Waals surface area contributed by atoms with Gasteiger partial charge >= 0.3 is 0 Å². The van der Waals surface area contributed by atoms with Crippen molar-refractivity contribution in [2.75, 3.05) is 33.3 Å². The monoisotopic (exact) mass is 442 g/mol. The first-order valence-electron chi connectivity index (χ1n) is 8.26. The Morgan fingerprint density at radius 1 is 1.22 bits per heavy atom. The van der Waals surface area contributed by atoms with E-state index in [2.05, 4.69) is 27.9 Å². The van der Waals surface area contributed by atoms with Crippen LogP contribution in [0, 0.1) is 11.3 Å². The SMILES string of the molecule is CCCC(CCO)CNC(=NCC(C)(C)C(=O)NC)NCC.I. The summed E-state index contributed by atoms with van der Waals surface area (Å²) in [5, 5.41) is 18.3. The predicted octanol–water partition coefficient (Wildman–Crippen LogP) is 1.73. The van der Waals surface area contributed by atoms with Gasteiger partial charge in [-0.3, -0.25) is 9.79 Å². The molecule has 0 aliphatic heterocycles. The van der Waals surface area contributed by atoms with E-state index in [1.807, 2.05) is 20.8 Å². The summed E-state index contributed by atoms with van der Waals surface area (Å²) in [4.78, 5) is 16.3. The highest BCUT2D eigenvalue weighted by molar-refractivity contribution is 14.0. The zero-order chi connectivity index (χ0) is 17.0. The lowest BCUT2D eigenvalue weighted by molar-refractivity contribution is -0.128. The molecular weight excluding hydrogens is 407 g/mol. The quantitative estimate of drug-likeness (QED) is 0.236. The van der Waals surface area contributed by atoms with Crippen LogP contribution in [0.15, 0.2) is 4.99 Å². The molecule has 23 heavy (non-hydrogen) atoms. The first-order valence-corrected chi connectivity index (χ1v) is 8.26. The Bertz CT molecular complexity index is 343. The van der Waals surface area contributed by atoms with E-state index in [4.69, 9.17) is 5.11 Å². The van der Waals surface area contributed by atoms with Crippen LogP contribution >= 0.6 is 24.0 Å². The Morgan fingerprint density at radius 3 is 2.35 bits per heavy atom. The molecule has 1 amide bonds. The minimum absolute atomic E-state index is 0. The summed E-state index contributed by atoms with van der Waals surface area (Å²) in [6.07, 6.45) is 2.98. The number of hydrogen-bond acceptors (Lipinski definition) is 3. The fourth-order valence-electron chi connectivity index (χ4n) is 2.21. The van der Waals surface area contributed by atoms with Crippen molar-refractivity contribution in [2.24, 2.45) is 16.3 Å². The minimum atomic E-state index is -0.537. The van der Waals surface area contributed by atoms with E-state index in [0.717, 1.165) is 38.3 Å². The number of aliphatic imine (C=N–C) groups is 1. The molecule has 0 rings (SSSR count). The Kier molecular flexibility index (Phi) is 14.8. The molecule has 0 aromatic rings. The van der Waals surface area contributed by atoms with Crippen molar-refractivity contribution in [3.63, 3.8) is 0 Å². The maximum absolute atomic E-state index is 11.8. The molecule has 0 saturated heterocycles. The van der Waals surface area contributed by atoms with Crippen molar-refractivity contribution >= 4 is 35.8 Å². The van der Waals surface area contributed by atoms with Gasteiger partial charge in [-0.15, -0.1) is 24.0 Å². The highest BCUT2D eigenvalue weighted by Gasteiger charge is 2.26. The van der Waals surface area contributed by atoms with E-state index >= 15 is 0 Å². The van der Waals surface area contributed by atoms with Gasteiger partial charge in [0.05, 0.1) is 12.0 Å². The largest absolute Gasteiger partial charge is 0.396 e. The van der Waals surface area contributed by atoms with Crippen molar-refractivity contribution in [3.8, 4) is 0 Å². The Hall–Kier alpha value is -0.570. The van der Waals surface area contributed by atoms with Gasteiger partial charge in [-0.05, 0) is 39.5 Å². The molecule has 0 spiro atoms. The first kappa shape index (κ1) is 24.7. The number of nitrogens with zero attached hydrogens (tertiary/aromatic N) is 1. The summed E-state index contributed by atoms with van der Waals surface area (Å²) in [5.41, 5.74) is -0.537. The number of aliphatic hydroxyl groups is 1. The van der Waals surface area contributed by atoms with E-state index in [0.29, 0.717) is 12.5 Å². The second-order valence-electron chi connectivity index (χ2n) is 6.21. The van der Waals surface area contributed by atoms with E-state index in [9.17, 15) is 4.79 Å². The normalized spacial score (nSPS) is 13.0. The lowest BCUT2D eigenvalue weighted by Gasteiger charge is -2.22. The van der Waals surface area contributed by atoms with Crippen LogP contribution in [-0.2, 0) is 4.79 Å². The van der Waals surface area contributed by atoms with Gasteiger partial charge in [0.25, 0.3) is 0 Å². The van der Waals surface area contributed by atoms with Crippen LogP contribution in [0.2, 0.25) is 0 Å². The third kappa shape index (κ3) is 10.8. The molecule has 138 valence electrons. The van der Waals surface area contributed by atoms with Crippen molar-refractivity contribution < 1.29 is 9.90 Å². The molecule has 0 aromatic heterocycles. The standard InChI is InChI=1S/C16H34N4O2.HI/c1-6-8-13(9-10-21)11-19-15(18-7-2)20-12-16(3,4)14(22)17-5;/h13,21H,6-12H2,1-5H3,(H,17,22)(H2,18,19,20);1H. The third-order valence-electron chi connectivity index (χ3n) is 3.61. The number of rotatable bonds is 10. The van der Waals surface area contributed by atoms with Gasteiger partial charge in [0, 0.05) is 26.7 Å². The van der Waals surface area contributed by atoms with Crippen LogP contribution in [0.3, 0.4) is 0 Å². The summed E-state index contributed by atoms with van der Waals surface area (Å²) < 4.78 is 0. The van der Waals surface area contributed by atoms with E-state index in [1.54, 1.807) is 7.05 Å². The second-order valence-corrected chi connectivity index (χ2v) is 6.21. The summed E-state index contributed by atoms with van der Waals surface area (Å²) in [7, 11) is 1.64. The maximum atomic E-state index is 11.8. The molecule has 0 aromatic carbocycles. The number of aliphatic hydroxyl groups excluding tert-OH is 1. The molecule has 0 saturated carbocycles. The Balaban J connectivity index is 0. The molecule has 1 atom stereocenters. The number of carbonyl (C=O) groups excluding carboxylic acids is 1. The molecule has 0 heterocycles. The molecule has 6 nitrogen and oxygen atoms in total. The molecule has 7 heteroatoms. The molecule has 0 radical (unpaired) electrons. The fourth-order valence-corrected chi connectivity index (χ4v) is 2.21. The zero-order valence-corrected chi connectivity index (χ0v) is 17.6. The highest BCUT2D eigenvalue weighted by Crippen LogP contribution is 2.15. The van der Waals surface area contributed by atoms with Crippen LogP contribution in [0.25, 0.3) is 0 Å². The van der Waals surface area contributed by atoms with Gasteiger partial charge in [0.2, 0.25) is 5.91 Å². The third-order valence-corrected chi connectivity index (χ3v) is 3.61. The van der Waals surface area contributed by atoms with Gasteiger partial charge < -0.3 is 21.1 Å². The number of hydrogen-bond donors (Lipinski definition) is 4. The summed E-state index contributed by atoms with van der Waals surface area (Å²) >= 11 is 0. The summed E-state index contributed by atoms with van der Waals surface area (Å²) in [5.74, 6) is 1.14. The predicted molar refractivity (Wildman–Crippen MR) is 107 cm³/mol.